The van der Waals surface area contributed by atoms with Crippen LogP contribution in [0.3, 0.4) is 0 Å². The number of thioether (sulfide) groups is 1. The summed E-state index contributed by atoms with van der Waals surface area (Å²) in [6.07, 6.45) is 1.64. The van der Waals surface area contributed by atoms with Gasteiger partial charge < -0.3 is 10.2 Å². The largest absolute Gasteiger partial charge is 0.508 e. The van der Waals surface area contributed by atoms with E-state index >= 15 is 0 Å². The maximum Gasteiger partial charge on any atom is 0.266 e. The van der Waals surface area contributed by atoms with Crippen LogP contribution in [0.2, 0.25) is 0 Å². The summed E-state index contributed by atoms with van der Waals surface area (Å²) in [6, 6.07) is 13.3. The van der Waals surface area contributed by atoms with Crippen molar-refractivity contribution in [1.29, 1.82) is 0 Å². The van der Waals surface area contributed by atoms with Crippen molar-refractivity contribution < 1.29 is 15.0 Å². The molecule has 2 aromatic rings. The average Bonchev–Trinajstić information content (AvgIpc) is 2.78. The summed E-state index contributed by atoms with van der Waals surface area (Å²) in [5.41, 5.74) is 1.14. The highest BCUT2D eigenvalue weighted by molar-refractivity contribution is 8.18. The van der Waals surface area contributed by atoms with Crippen molar-refractivity contribution in [3.8, 4) is 11.5 Å². The Balaban J connectivity index is 1.93. The molecule has 2 aromatic carbocycles. The second kappa shape index (κ2) is 6.18. The van der Waals surface area contributed by atoms with Gasteiger partial charge in [-0.25, -0.2) is 4.99 Å². The van der Waals surface area contributed by atoms with Gasteiger partial charge in [0.1, 0.15) is 11.5 Å². The lowest BCUT2D eigenvalue weighted by atomic mass is 10.2. The van der Waals surface area contributed by atoms with Crippen LogP contribution in [-0.4, -0.2) is 33.2 Å². The SMILES string of the molecule is CN1C(=O)/C(=C/c2ccccc2O)SC1=Nc1cccc(O)c1. The molecule has 1 aliphatic heterocycles. The normalized spacial score (nSPS) is 18.1. The molecule has 0 aromatic heterocycles. The third-order valence-corrected chi connectivity index (χ3v) is 4.34. The van der Waals surface area contributed by atoms with Gasteiger partial charge in [0.15, 0.2) is 5.17 Å². The molecule has 0 atom stereocenters. The third-order valence-electron chi connectivity index (χ3n) is 3.28. The summed E-state index contributed by atoms with van der Waals surface area (Å²) in [7, 11) is 1.64. The predicted molar refractivity (Wildman–Crippen MR) is 91.6 cm³/mol. The fourth-order valence-corrected chi connectivity index (χ4v) is 3.05. The summed E-state index contributed by atoms with van der Waals surface area (Å²) >= 11 is 1.23. The van der Waals surface area contributed by atoms with Gasteiger partial charge in [0.05, 0.1) is 10.6 Å². The number of aliphatic imine (C=N–C) groups is 1. The molecule has 0 radical (unpaired) electrons. The lowest BCUT2D eigenvalue weighted by molar-refractivity contribution is -0.121. The van der Waals surface area contributed by atoms with Gasteiger partial charge in [-0.05, 0) is 36.0 Å². The van der Waals surface area contributed by atoms with Crippen LogP contribution in [0.25, 0.3) is 6.08 Å². The lowest BCUT2D eigenvalue weighted by Crippen LogP contribution is -2.23. The average molecular weight is 326 g/mol. The first kappa shape index (κ1) is 15.2. The van der Waals surface area contributed by atoms with Crippen molar-refractivity contribution in [2.45, 2.75) is 0 Å². The van der Waals surface area contributed by atoms with Crippen LogP contribution in [0.5, 0.6) is 11.5 Å². The molecule has 6 heteroatoms. The zero-order valence-electron chi connectivity index (χ0n) is 12.3. The zero-order chi connectivity index (χ0) is 16.4. The number of likely N-dealkylation sites (N-methyl/N-ethyl adjacent to an activating group) is 1. The number of benzene rings is 2. The fourth-order valence-electron chi connectivity index (χ4n) is 2.08. The molecule has 1 aliphatic rings. The van der Waals surface area contributed by atoms with Crippen LogP contribution in [-0.2, 0) is 4.79 Å². The minimum atomic E-state index is -0.183. The molecule has 1 amide bonds. The monoisotopic (exact) mass is 326 g/mol. The molecule has 0 spiro atoms. The Morgan fingerprint density at radius 3 is 2.65 bits per heavy atom. The quantitative estimate of drug-likeness (QED) is 0.830. The number of aromatic hydroxyl groups is 2. The number of phenols is 2. The summed E-state index contributed by atoms with van der Waals surface area (Å²) in [4.78, 5) is 18.6. The van der Waals surface area contributed by atoms with E-state index in [4.69, 9.17) is 0 Å². The van der Waals surface area contributed by atoms with Crippen molar-refractivity contribution in [3.05, 3.63) is 59.0 Å². The molecular weight excluding hydrogens is 312 g/mol. The molecule has 116 valence electrons. The first-order valence-electron chi connectivity index (χ1n) is 6.88. The predicted octanol–water partition coefficient (Wildman–Crippen LogP) is 3.33. The molecule has 5 nitrogen and oxygen atoms in total. The van der Waals surface area contributed by atoms with Crippen LogP contribution in [0.4, 0.5) is 5.69 Å². The minimum Gasteiger partial charge on any atom is -0.508 e. The number of hydrogen-bond acceptors (Lipinski definition) is 5. The van der Waals surface area contributed by atoms with E-state index in [1.165, 1.54) is 22.7 Å². The van der Waals surface area contributed by atoms with E-state index in [0.29, 0.717) is 21.3 Å². The van der Waals surface area contributed by atoms with Crippen LogP contribution in [0.1, 0.15) is 5.56 Å². The van der Waals surface area contributed by atoms with Gasteiger partial charge in [-0.1, -0.05) is 24.3 Å². The summed E-state index contributed by atoms with van der Waals surface area (Å²) < 4.78 is 0. The second-order valence-electron chi connectivity index (χ2n) is 4.95. The zero-order valence-corrected chi connectivity index (χ0v) is 13.1. The van der Waals surface area contributed by atoms with E-state index in [1.54, 1.807) is 55.6 Å². The van der Waals surface area contributed by atoms with Gasteiger partial charge in [-0.3, -0.25) is 9.69 Å². The molecule has 1 fully saturated rings. The summed E-state index contributed by atoms with van der Waals surface area (Å²) in [5.74, 6) is 0.0559. The number of amides is 1. The summed E-state index contributed by atoms with van der Waals surface area (Å²) in [6.45, 7) is 0. The topological polar surface area (TPSA) is 73.1 Å². The Bertz CT molecular complexity index is 830. The molecule has 1 saturated heterocycles. The van der Waals surface area contributed by atoms with Gasteiger partial charge in [0.25, 0.3) is 5.91 Å². The van der Waals surface area contributed by atoms with Gasteiger partial charge in [0.2, 0.25) is 0 Å². The molecule has 23 heavy (non-hydrogen) atoms. The number of amidine groups is 1. The first-order valence-corrected chi connectivity index (χ1v) is 7.69. The van der Waals surface area contributed by atoms with Gasteiger partial charge >= 0.3 is 0 Å². The number of carbonyl (C=O) groups is 1. The molecule has 0 saturated carbocycles. The second-order valence-corrected chi connectivity index (χ2v) is 5.96. The third kappa shape index (κ3) is 3.22. The van der Waals surface area contributed by atoms with Crippen molar-refractivity contribution in [2.75, 3.05) is 7.05 Å². The fraction of sp³-hybridized carbons (Fsp3) is 0.0588. The summed E-state index contributed by atoms with van der Waals surface area (Å²) in [5, 5.41) is 19.8. The highest BCUT2D eigenvalue weighted by atomic mass is 32.2. The molecular formula is C17H14N2O3S. The van der Waals surface area contributed by atoms with E-state index < -0.39 is 0 Å². The Morgan fingerprint density at radius 1 is 1.13 bits per heavy atom. The molecule has 3 rings (SSSR count). The van der Waals surface area contributed by atoms with Crippen LogP contribution >= 0.6 is 11.8 Å². The highest BCUT2D eigenvalue weighted by Gasteiger charge is 2.30. The number of para-hydroxylation sites is 1. The molecule has 0 bridgehead atoms. The van der Waals surface area contributed by atoms with E-state index in [0.717, 1.165) is 0 Å². The van der Waals surface area contributed by atoms with E-state index in [1.807, 2.05) is 0 Å². The number of nitrogens with zero attached hydrogens (tertiary/aromatic N) is 2. The van der Waals surface area contributed by atoms with E-state index in [-0.39, 0.29) is 17.4 Å². The van der Waals surface area contributed by atoms with Gasteiger partial charge in [-0.2, -0.15) is 0 Å². The number of carbonyl (C=O) groups excluding carboxylic acids is 1. The molecule has 1 heterocycles. The van der Waals surface area contributed by atoms with Crippen molar-refractivity contribution >= 4 is 34.6 Å². The first-order chi connectivity index (χ1) is 11.0. The van der Waals surface area contributed by atoms with E-state index in [2.05, 4.69) is 4.99 Å². The Kier molecular flexibility index (Phi) is 4.08. The molecule has 0 aliphatic carbocycles. The lowest BCUT2D eigenvalue weighted by Gasteiger charge is -2.07. The van der Waals surface area contributed by atoms with Gasteiger partial charge in [-0.15, -0.1) is 0 Å². The van der Waals surface area contributed by atoms with Crippen molar-refractivity contribution in [1.82, 2.24) is 4.90 Å². The maximum absolute atomic E-state index is 12.3. The Hall–Kier alpha value is -2.73. The van der Waals surface area contributed by atoms with Crippen molar-refractivity contribution in [2.24, 2.45) is 4.99 Å². The standard InChI is InChI=1S/C17H14N2O3S/c1-19-16(22)15(9-11-5-2-3-8-14(11)21)23-17(19)18-12-6-4-7-13(20)10-12/h2-10,20-21H,1H3/b15-9-,18-17?. The molecule has 2 N–H and O–H groups in total. The number of phenolic OH excluding ortho intramolecular Hbond substituents is 2. The van der Waals surface area contributed by atoms with Crippen LogP contribution in [0.15, 0.2) is 58.4 Å². The molecule has 0 unspecified atom stereocenters. The minimum absolute atomic E-state index is 0.119. The van der Waals surface area contributed by atoms with E-state index in [9.17, 15) is 15.0 Å². The van der Waals surface area contributed by atoms with Gasteiger partial charge in [0, 0.05) is 18.7 Å². The number of rotatable bonds is 2. The smallest absolute Gasteiger partial charge is 0.266 e. The Labute approximate surface area is 137 Å². The van der Waals surface area contributed by atoms with Crippen LogP contribution in [0, 0.1) is 0 Å². The maximum atomic E-state index is 12.3. The Morgan fingerprint density at radius 2 is 1.91 bits per heavy atom. The highest BCUT2D eigenvalue weighted by Crippen LogP contribution is 2.34. The van der Waals surface area contributed by atoms with Crippen molar-refractivity contribution in [3.63, 3.8) is 0 Å². The van der Waals surface area contributed by atoms with Crippen LogP contribution < -0.4 is 0 Å². The number of hydrogen-bond donors (Lipinski definition) is 2.